The molecule has 18 heavy (non-hydrogen) atoms. The predicted molar refractivity (Wildman–Crippen MR) is 77.6 cm³/mol. The van der Waals surface area contributed by atoms with Gasteiger partial charge in [-0.2, -0.15) is 0 Å². The lowest BCUT2D eigenvalue weighted by atomic mass is 10.2. The number of halogens is 3. The van der Waals surface area contributed by atoms with Gasteiger partial charge in [-0.05, 0) is 46.6 Å². The molecule has 0 saturated heterocycles. The number of aromatic amines is 1. The summed E-state index contributed by atoms with van der Waals surface area (Å²) < 4.78 is 0.806. The number of anilines is 1. The Morgan fingerprint density at radius 3 is 2.61 bits per heavy atom. The molecule has 0 radical (unpaired) electrons. The van der Waals surface area contributed by atoms with Gasteiger partial charge in [-0.1, -0.05) is 23.2 Å². The second-order valence-corrected chi connectivity index (χ2v) is 5.50. The van der Waals surface area contributed by atoms with Gasteiger partial charge in [0.05, 0.1) is 10.7 Å². The number of nitrogens with one attached hydrogen (secondary N) is 2. The molecule has 2 rings (SSSR count). The van der Waals surface area contributed by atoms with Crippen LogP contribution in [-0.4, -0.2) is 10.9 Å². The van der Waals surface area contributed by atoms with Crippen LogP contribution in [0.1, 0.15) is 16.1 Å². The first kappa shape index (κ1) is 13.5. The number of amides is 1. The average molecular weight is 348 g/mol. The molecule has 6 heteroatoms. The SMILES string of the molecule is Cc1cc(Cl)c(NC(=O)c2cc(Br)c[nH]2)cc1Cl. The van der Waals surface area contributed by atoms with E-state index >= 15 is 0 Å². The zero-order chi connectivity index (χ0) is 13.3. The molecule has 1 aromatic heterocycles. The maximum absolute atomic E-state index is 11.9. The van der Waals surface area contributed by atoms with E-state index in [1.807, 2.05) is 6.92 Å². The van der Waals surface area contributed by atoms with Crippen LogP contribution >= 0.6 is 39.1 Å². The standard InChI is InChI=1S/C12H9BrCl2N2O/c1-6-2-9(15)10(4-8(6)14)17-12(18)11-3-7(13)5-16-11/h2-5,16H,1H3,(H,17,18). The van der Waals surface area contributed by atoms with Gasteiger partial charge >= 0.3 is 0 Å². The number of carbonyl (C=O) groups excluding carboxylic acids is 1. The summed E-state index contributed by atoms with van der Waals surface area (Å²) in [6.45, 7) is 1.85. The molecule has 2 aromatic rings. The van der Waals surface area contributed by atoms with Crippen molar-refractivity contribution in [1.82, 2.24) is 4.98 Å². The Hall–Kier alpha value is -0.970. The molecule has 0 saturated carbocycles. The normalized spacial score (nSPS) is 10.4. The largest absolute Gasteiger partial charge is 0.356 e. The first-order valence-corrected chi connectivity index (χ1v) is 6.63. The highest BCUT2D eigenvalue weighted by atomic mass is 79.9. The van der Waals surface area contributed by atoms with Crippen molar-refractivity contribution in [3.8, 4) is 0 Å². The quantitative estimate of drug-likeness (QED) is 0.816. The van der Waals surface area contributed by atoms with Crippen LogP contribution in [0.3, 0.4) is 0 Å². The number of benzene rings is 1. The number of rotatable bonds is 2. The number of aryl methyl sites for hydroxylation is 1. The van der Waals surface area contributed by atoms with Gasteiger partial charge in [-0.25, -0.2) is 0 Å². The van der Waals surface area contributed by atoms with Crippen LogP contribution in [0.2, 0.25) is 10.0 Å². The van der Waals surface area contributed by atoms with E-state index in [-0.39, 0.29) is 5.91 Å². The second-order valence-electron chi connectivity index (χ2n) is 3.77. The van der Waals surface area contributed by atoms with Crippen molar-refractivity contribution in [2.24, 2.45) is 0 Å². The third-order valence-electron chi connectivity index (χ3n) is 2.39. The van der Waals surface area contributed by atoms with E-state index < -0.39 is 0 Å². The molecule has 1 amide bonds. The Morgan fingerprint density at radius 2 is 2.00 bits per heavy atom. The summed E-state index contributed by atoms with van der Waals surface area (Å²) >= 11 is 15.3. The third-order valence-corrected chi connectivity index (χ3v) is 3.57. The van der Waals surface area contributed by atoms with Gasteiger partial charge in [0, 0.05) is 15.7 Å². The van der Waals surface area contributed by atoms with Crippen molar-refractivity contribution in [2.75, 3.05) is 5.32 Å². The molecular weight excluding hydrogens is 339 g/mol. The second kappa shape index (κ2) is 5.34. The Kier molecular flexibility index (Phi) is 4.00. The van der Waals surface area contributed by atoms with Gasteiger partial charge in [0.15, 0.2) is 0 Å². The fourth-order valence-corrected chi connectivity index (χ4v) is 2.20. The molecule has 0 fully saturated rings. The van der Waals surface area contributed by atoms with Gasteiger partial charge in [0.25, 0.3) is 5.91 Å². The fourth-order valence-electron chi connectivity index (χ4n) is 1.43. The summed E-state index contributed by atoms with van der Waals surface area (Å²) in [5, 5.41) is 3.71. The van der Waals surface area contributed by atoms with Crippen molar-refractivity contribution in [2.45, 2.75) is 6.92 Å². The number of hydrogen-bond acceptors (Lipinski definition) is 1. The molecule has 0 unspecified atom stereocenters. The minimum absolute atomic E-state index is 0.275. The van der Waals surface area contributed by atoms with Crippen molar-refractivity contribution in [3.63, 3.8) is 0 Å². The highest BCUT2D eigenvalue weighted by Crippen LogP contribution is 2.29. The van der Waals surface area contributed by atoms with Gasteiger partial charge in [-0.15, -0.1) is 0 Å². The van der Waals surface area contributed by atoms with Gasteiger partial charge in [0.1, 0.15) is 5.69 Å². The van der Waals surface area contributed by atoms with E-state index in [1.54, 1.807) is 24.4 Å². The molecule has 1 aromatic carbocycles. The molecule has 0 atom stereocenters. The van der Waals surface area contributed by atoms with Crippen LogP contribution in [0.4, 0.5) is 5.69 Å². The van der Waals surface area contributed by atoms with Gasteiger partial charge in [-0.3, -0.25) is 4.79 Å². The minimum atomic E-state index is -0.275. The van der Waals surface area contributed by atoms with Crippen molar-refractivity contribution >= 4 is 50.7 Å². The topological polar surface area (TPSA) is 44.9 Å². The van der Waals surface area contributed by atoms with Crippen molar-refractivity contribution in [3.05, 3.63) is 50.2 Å². The third kappa shape index (κ3) is 2.88. The van der Waals surface area contributed by atoms with Crippen LogP contribution in [0.15, 0.2) is 28.9 Å². The zero-order valence-electron chi connectivity index (χ0n) is 9.35. The summed E-state index contributed by atoms with van der Waals surface area (Å²) in [4.78, 5) is 14.7. The molecule has 2 N–H and O–H groups in total. The molecular formula is C12H9BrCl2N2O. The van der Waals surface area contributed by atoms with Gasteiger partial charge in [0.2, 0.25) is 0 Å². The van der Waals surface area contributed by atoms with E-state index in [4.69, 9.17) is 23.2 Å². The number of carbonyl (C=O) groups is 1. The molecule has 0 aliphatic heterocycles. The van der Waals surface area contributed by atoms with Crippen LogP contribution in [0, 0.1) is 6.92 Å². The maximum atomic E-state index is 11.9. The fraction of sp³-hybridized carbons (Fsp3) is 0.0833. The summed E-state index contributed by atoms with van der Waals surface area (Å²) in [6.07, 6.45) is 1.68. The number of hydrogen-bond donors (Lipinski definition) is 2. The molecule has 0 aliphatic carbocycles. The Balaban J connectivity index is 2.24. The molecule has 3 nitrogen and oxygen atoms in total. The lowest BCUT2D eigenvalue weighted by Gasteiger charge is -2.08. The van der Waals surface area contributed by atoms with Crippen LogP contribution < -0.4 is 5.32 Å². The summed E-state index contributed by atoms with van der Waals surface area (Å²) in [7, 11) is 0. The van der Waals surface area contributed by atoms with Crippen LogP contribution in [-0.2, 0) is 0 Å². The summed E-state index contributed by atoms with van der Waals surface area (Å²) in [5.41, 5.74) is 1.79. The first-order chi connectivity index (χ1) is 8.47. The Labute approximate surface area is 123 Å². The molecule has 1 heterocycles. The highest BCUT2D eigenvalue weighted by molar-refractivity contribution is 9.10. The van der Waals surface area contributed by atoms with Gasteiger partial charge < -0.3 is 10.3 Å². The molecule has 0 aliphatic rings. The monoisotopic (exact) mass is 346 g/mol. The first-order valence-electron chi connectivity index (χ1n) is 5.08. The zero-order valence-corrected chi connectivity index (χ0v) is 12.4. The van der Waals surface area contributed by atoms with E-state index in [2.05, 4.69) is 26.2 Å². The Morgan fingerprint density at radius 1 is 1.28 bits per heavy atom. The minimum Gasteiger partial charge on any atom is -0.356 e. The lowest BCUT2D eigenvalue weighted by molar-refractivity contribution is 0.102. The summed E-state index contributed by atoms with van der Waals surface area (Å²) in [5.74, 6) is -0.275. The van der Waals surface area contributed by atoms with E-state index in [0.717, 1.165) is 10.0 Å². The van der Waals surface area contributed by atoms with Crippen molar-refractivity contribution in [1.29, 1.82) is 0 Å². The van der Waals surface area contributed by atoms with E-state index in [0.29, 0.717) is 21.4 Å². The molecule has 94 valence electrons. The van der Waals surface area contributed by atoms with Crippen LogP contribution in [0.25, 0.3) is 0 Å². The number of H-pyrrole nitrogens is 1. The number of aromatic nitrogens is 1. The van der Waals surface area contributed by atoms with Crippen molar-refractivity contribution < 1.29 is 4.79 Å². The maximum Gasteiger partial charge on any atom is 0.272 e. The smallest absolute Gasteiger partial charge is 0.272 e. The molecule has 0 bridgehead atoms. The predicted octanol–water partition coefficient (Wildman–Crippen LogP) is 4.64. The average Bonchev–Trinajstić information content (AvgIpc) is 2.73. The lowest BCUT2D eigenvalue weighted by Crippen LogP contribution is -2.12. The Bertz CT molecular complexity index is 610. The van der Waals surface area contributed by atoms with E-state index in [9.17, 15) is 4.79 Å². The molecule has 0 spiro atoms. The van der Waals surface area contributed by atoms with E-state index in [1.165, 1.54) is 0 Å². The summed E-state index contributed by atoms with van der Waals surface area (Å²) in [6, 6.07) is 5.03. The van der Waals surface area contributed by atoms with Crippen LogP contribution in [0.5, 0.6) is 0 Å². The highest BCUT2D eigenvalue weighted by Gasteiger charge is 2.11.